The Balaban J connectivity index is 1.96. The molecule has 2 amide bonds. The molecule has 1 aliphatic rings. The van der Waals surface area contributed by atoms with Crippen LogP contribution < -0.4 is 10.6 Å². The molecule has 0 fully saturated rings. The third kappa shape index (κ3) is 3.27. The van der Waals surface area contributed by atoms with Crippen molar-refractivity contribution in [3.8, 4) is 0 Å². The molecule has 0 unspecified atom stereocenters. The standard InChI is InChI=1S/C16H20N2O4/c1-16(2)11-8-10(4-5-12(11)18-15(16)21)9-17-13(19)6-7-14(20)22-3/h4-5,8H,6-7,9H2,1-3H3,(H,17,19)(H,18,21). The number of carbonyl (C=O) groups is 3. The summed E-state index contributed by atoms with van der Waals surface area (Å²) in [6.45, 7) is 4.09. The van der Waals surface area contributed by atoms with Crippen LogP contribution in [0.3, 0.4) is 0 Å². The van der Waals surface area contributed by atoms with Gasteiger partial charge in [-0.2, -0.15) is 0 Å². The van der Waals surface area contributed by atoms with Gasteiger partial charge in [0.2, 0.25) is 11.8 Å². The summed E-state index contributed by atoms with van der Waals surface area (Å²) in [7, 11) is 1.29. The number of amides is 2. The predicted octanol–water partition coefficient (Wildman–Crippen LogP) is 1.49. The first-order chi connectivity index (χ1) is 10.3. The molecule has 0 aliphatic carbocycles. The van der Waals surface area contributed by atoms with Crippen molar-refractivity contribution in [2.45, 2.75) is 38.6 Å². The van der Waals surface area contributed by atoms with Crippen LogP contribution in [0.25, 0.3) is 0 Å². The van der Waals surface area contributed by atoms with Gasteiger partial charge < -0.3 is 15.4 Å². The van der Waals surface area contributed by atoms with Crippen molar-refractivity contribution in [2.75, 3.05) is 12.4 Å². The van der Waals surface area contributed by atoms with Gasteiger partial charge >= 0.3 is 5.97 Å². The maximum absolute atomic E-state index is 11.9. The molecule has 0 bridgehead atoms. The van der Waals surface area contributed by atoms with Crippen LogP contribution >= 0.6 is 0 Å². The highest BCUT2D eigenvalue weighted by atomic mass is 16.5. The molecule has 22 heavy (non-hydrogen) atoms. The van der Waals surface area contributed by atoms with Gasteiger partial charge in [-0.15, -0.1) is 0 Å². The average Bonchev–Trinajstić information content (AvgIpc) is 2.72. The number of esters is 1. The van der Waals surface area contributed by atoms with Crippen molar-refractivity contribution in [1.29, 1.82) is 0 Å². The Morgan fingerprint density at radius 1 is 1.27 bits per heavy atom. The number of rotatable bonds is 5. The lowest BCUT2D eigenvalue weighted by Gasteiger charge is -2.16. The number of methoxy groups -OCH3 is 1. The summed E-state index contributed by atoms with van der Waals surface area (Å²) in [5.41, 5.74) is 2.09. The van der Waals surface area contributed by atoms with Gasteiger partial charge in [0, 0.05) is 18.7 Å². The van der Waals surface area contributed by atoms with Crippen molar-refractivity contribution in [1.82, 2.24) is 5.32 Å². The molecule has 2 rings (SSSR count). The molecule has 1 heterocycles. The van der Waals surface area contributed by atoms with E-state index in [9.17, 15) is 14.4 Å². The van der Waals surface area contributed by atoms with Crippen LogP contribution in [0.5, 0.6) is 0 Å². The minimum Gasteiger partial charge on any atom is -0.469 e. The van der Waals surface area contributed by atoms with Gasteiger partial charge in [-0.25, -0.2) is 0 Å². The lowest BCUT2D eigenvalue weighted by molar-refractivity contribution is -0.142. The second-order valence-electron chi connectivity index (χ2n) is 5.81. The normalized spacial score (nSPS) is 15.0. The van der Waals surface area contributed by atoms with E-state index >= 15 is 0 Å². The van der Waals surface area contributed by atoms with E-state index in [0.717, 1.165) is 16.8 Å². The van der Waals surface area contributed by atoms with Crippen LogP contribution in [-0.2, 0) is 31.1 Å². The van der Waals surface area contributed by atoms with Crippen LogP contribution in [0.1, 0.15) is 37.8 Å². The van der Waals surface area contributed by atoms with Crippen LogP contribution in [0.2, 0.25) is 0 Å². The molecule has 1 aromatic rings. The number of benzene rings is 1. The molecule has 0 spiro atoms. The molecule has 6 nitrogen and oxygen atoms in total. The third-order valence-electron chi connectivity index (χ3n) is 3.85. The fraction of sp³-hybridized carbons (Fsp3) is 0.438. The van der Waals surface area contributed by atoms with Crippen molar-refractivity contribution in [3.05, 3.63) is 29.3 Å². The van der Waals surface area contributed by atoms with Gasteiger partial charge in [0.1, 0.15) is 0 Å². The molecule has 2 N–H and O–H groups in total. The van der Waals surface area contributed by atoms with Gasteiger partial charge in [0.15, 0.2) is 0 Å². The largest absolute Gasteiger partial charge is 0.469 e. The smallest absolute Gasteiger partial charge is 0.306 e. The molecular weight excluding hydrogens is 284 g/mol. The van der Waals surface area contributed by atoms with Gasteiger partial charge in [0.25, 0.3) is 0 Å². The van der Waals surface area contributed by atoms with E-state index in [-0.39, 0.29) is 24.7 Å². The summed E-state index contributed by atoms with van der Waals surface area (Å²) in [6, 6.07) is 5.63. The second-order valence-corrected chi connectivity index (χ2v) is 5.81. The fourth-order valence-electron chi connectivity index (χ4n) is 2.34. The van der Waals surface area contributed by atoms with Crippen molar-refractivity contribution >= 4 is 23.5 Å². The molecular formula is C16H20N2O4. The Hall–Kier alpha value is -2.37. The van der Waals surface area contributed by atoms with E-state index in [0.29, 0.717) is 6.54 Å². The number of anilines is 1. The van der Waals surface area contributed by atoms with Crippen LogP contribution in [-0.4, -0.2) is 24.9 Å². The number of nitrogens with one attached hydrogen (secondary N) is 2. The first-order valence-electron chi connectivity index (χ1n) is 7.13. The van der Waals surface area contributed by atoms with E-state index in [1.54, 1.807) is 0 Å². The Labute approximate surface area is 129 Å². The summed E-state index contributed by atoms with van der Waals surface area (Å²) >= 11 is 0. The lowest BCUT2D eigenvalue weighted by atomic mass is 9.85. The predicted molar refractivity (Wildman–Crippen MR) is 81.2 cm³/mol. The van der Waals surface area contributed by atoms with E-state index < -0.39 is 11.4 Å². The van der Waals surface area contributed by atoms with E-state index in [1.165, 1.54) is 7.11 Å². The Morgan fingerprint density at radius 3 is 2.68 bits per heavy atom. The minimum absolute atomic E-state index is 0.0261. The Kier molecular flexibility index (Phi) is 4.49. The number of ether oxygens (including phenoxy) is 1. The van der Waals surface area contributed by atoms with Gasteiger partial charge in [-0.05, 0) is 31.0 Å². The van der Waals surface area contributed by atoms with Crippen LogP contribution in [0.4, 0.5) is 5.69 Å². The number of hydrogen-bond donors (Lipinski definition) is 2. The monoisotopic (exact) mass is 304 g/mol. The third-order valence-corrected chi connectivity index (χ3v) is 3.85. The van der Waals surface area contributed by atoms with Gasteiger partial charge in [0.05, 0.1) is 18.9 Å². The highest BCUT2D eigenvalue weighted by molar-refractivity contribution is 6.05. The number of fused-ring (bicyclic) bond motifs is 1. The lowest BCUT2D eigenvalue weighted by Crippen LogP contribution is -2.27. The topological polar surface area (TPSA) is 84.5 Å². The molecule has 118 valence electrons. The SMILES string of the molecule is COC(=O)CCC(=O)NCc1ccc2c(c1)C(C)(C)C(=O)N2. The minimum atomic E-state index is -0.569. The summed E-state index contributed by atoms with van der Waals surface area (Å²) in [5.74, 6) is -0.639. The van der Waals surface area contributed by atoms with Crippen molar-refractivity contribution < 1.29 is 19.1 Å². The van der Waals surface area contributed by atoms with E-state index in [4.69, 9.17) is 0 Å². The zero-order valence-electron chi connectivity index (χ0n) is 13.0. The van der Waals surface area contributed by atoms with Gasteiger partial charge in [-0.1, -0.05) is 12.1 Å². The first kappa shape index (κ1) is 16.0. The number of carbonyl (C=O) groups excluding carboxylic acids is 3. The molecule has 6 heteroatoms. The Morgan fingerprint density at radius 2 is 2.00 bits per heavy atom. The first-order valence-corrected chi connectivity index (χ1v) is 7.13. The highest BCUT2D eigenvalue weighted by Gasteiger charge is 2.38. The van der Waals surface area contributed by atoms with Crippen molar-refractivity contribution in [2.24, 2.45) is 0 Å². The summed E-state index contributed by atoms with van der Waals surface area (Å²) in [6.07, 6.45) is 0.168. The molecule has 1 aromatic carbocycles. The summed E-state index contributed by atoms with van der Waals surface area (Å²) < 4.78 is 4.49. The summed E-state index contributed by atoms with van der Waals surface area (Å²) in [5, 5.41) is 5.60. The average molecular weight is 304 g/mol. The molecule has 0 aromatic heterocycles. The maximum Gasteiger partial charge on any atom is 0.306 e. The molecule has 0 radical (unpaired) electrons. The van der Waals surface area contributed by atoms with E-state index in [1.807, 2.05) is 32.0 Å². The van der Waals surface area contributed by atoms with Crippen molar-refractivity contribution in [3.63, 3.8) is 0 Å². The second kappa shape index (κ2) is 6.17. The molecule has 1 aliphatic heterocycles. The molecule has 0 atom stereocenters. The quantitative estimate of drug-likeness (QED) is 0.807. The van der Waals surface area contributed by atoms with Crippen LogP contribution in [0.15, 0.2) is 18.2 Å². The number of hydrogen-bond acceptors (Lipinski definition) is 4. The van der Waals surface area contributed by atoms with E-state index in [2.05, 4.69) is 15.4 Å². The highest BCUT2D eigenvalue weighted by Crippen LogP contribution is 2.37. The van der Waals surface area contributed by atoms with Gasteiger partial charge in [-0.3, -0.25) is 14.4 Å². The maximum atomic E-state index is 11.9. The molecule has 0 saturated carbocycles. The molecule has 0 saturated heterocycles. The summed E-state index contributed by atoms with van der Waals surface area (Å²) in [4.78, 5) is 34.5. The Bertz CT molecular complexity index is 623. The zero-order valence-corrected chi connectivity index (χ0v) is 13.0. The fourth-order valence-corrected chi connectivity index (χ4v) is 2.34. The van der Waals surface area contributed by atoms with Crippen LogP contribution in [0, 0.1) is 0 Å². The zero-order chi connectivity index (χ0) is 16.3.